The van der Waals surface area contributed by atoms with Crippen LogP contribution in [0.15, 0.2) is 64.3 Å². The largest absolute Gasteiger partial charge is 0.360 e. The Labute approximate surface area is 127 Å². The zero-order chi connectivity index (χ0) is 15.6. The fraction of sp³-hybridized carbons (Fsp3) is 0.0667. The van der Waals surface area contributed by atoms with Crippen LogP contribution in [-0.4, -0.2) is 18.6 Å². The summed E-state index contributed by atoms with van der Waals surface area (Å²) in [5, 5.41) is 3.62. The van der Waals surface area contributed by atoms with Crippen LogP contribution in [0.1, 0.15) is 5.76 Å². The van der Waals surface area contributed by atoms with Gasteiger partial charge in [0.25, 0.3) is 10.0 Å². The van der Waals surface area contributed by atoms with Crippen LogP contribution in [-0.2, 0) is 10.0 Å². The molecule has 0 spiro atoms. The lowest BCUT2D eigenvalue weighted by Gasteiger charge is -2.06. The van der Waals surface area contributed by atoms with E-state index in [1.165, 1.54) is 18.2 Å². The van der Waals surface area contributed by atoms with Gasteiger partial charge in [-0.15, -0.1) is 0 Å². The van der Waals surface area contributed by atoms with E-state index in [9.17, 15) is 8.42 Å². The Balaban J connectivity index is 1.86. The molecule has 0 fully saturated rings. The third-order valence-electron chi connectivity index (χ3n) is 3.03. The van der Waals surface area contributed by atoms with E-state index in [2.05, 4.69) is 14.9 Å². The first-order valence-corrected chi connectivity index (χ1v) is 7.99. The van der Waals surface area contributed by atoms with Gasteiger partial charge in [0, 0.05) is 18.5 Å². The number of nitrogens with zero attached hydrogens (tertiary/aromatic N) is 2. The number of rotatable bonds is 4. The van der Waals surface area contributed by atoms with E-state index in [0.29, 0.717) is 5.76 Å². The Morgan fingerprint density at radius 3 is 2.45 bits per heavy atom. The number of hydrogen-bond donors (Lipinski definition) is 1. The minimum absolute atomic E-state index is 0.154. The molecule has 1 N–H and O–H groups in total. The molecule has 2 aromatic heterocycles. The van der Waals surface area contributed by atoms with Crippen molar-refractivity contribution >= 4 is 15.8 Å². The summed E-state index contributed by atoms with van der Waals surface area (Å²) in [6.45, 7) is 1.69. The number of pyridine rings is 1. The third-order valence-corrected chi connectivity index (χ3v) is 4.40. The van der Waals surface area contributed by atoms with Crippen LogP contribution in [0.3, 0.4) is 0 Å². The van der Waals surface area contributed by atoms with Crippen LogP contribution in [0.5, 0.6) is 0 Å². The Kier molecular flexibility index (Phi) is 3.64. The van der Waals surface area contributed by atoms with Crippen LogP contribution in [0.2, 0.25) is 0 Å². The molecule has 6 nitrogen and oxygen atoms in total. The number of aryl methyl sites for hydroxylation is 1. The van der Waals surface area contributed by atoms with Crippen molar-refractivity contribution in [3.8, 4) is 11.1 Å². The van der Waals surface area contributed by atoms with Gasteiger partial charge in [-0.3, -0.25) is 9.71 Å². The molecule has 0 radical (unpaired) electrons. The summed E-state index contributed by atoms with van der Waals surface area (Å²) < 4.78 is 31.7. The SMILES string of the molecule is Cc1cc(NS(=O)(=O)c2ccc(-c3cccnc3)cc2)no1. The number of benzene rings is 1. The minimum Gasteiger partial charge on any atom is -0.360 e. The van der Waals surface area contributed by atoms with Crippen molar-refractivity contribution in [1.82, 2.24) is 10.1 Å². The third kappa shape index (κ3) is 2.99. The lowest BCUT2D eigenvalue weighted by molar-refractivity contribution is 0.400. The van der Waals surface area contributed by atoms with Crippen LogP contribution in [0.25, 0.3) is 11.1 Å². The van der Waals surface area contributed by atoms with Gasteiger partial charge in [0.2, 0.25) is 0 Å². The highest BCUT2D eigenvalue weighted by atomic mass is 32.2. The molecule has 0 atom stereocenters. The van der Waals surface area contributed by atoms with Crippen molar-refractivity contribution in [1.29, 1.82) is 0 Å². The molecule has 0 aliphatic rings. The first-order chi connectivity index (χ1) is 10.5. The average Bonchev–Trinajstić information content (AvgIpc) is 2.93. The van der Waals surface area contributed by atoms with Crippen molar-refractivity contribution in [3.05, 3.63) is 60.6 Å². The molecular weight excluding hydrogens is 302 g/mol. The second-order valence-electron chi connectivity index (χ2n) is 4.69. The highest BCUT2D eigenvalue weighted by molar-refractivity contribution is 7.92. The smallest absolute Gasteiger partial charge is 0.263 e. The maximum Gasteiger partial charge on any atom is 0.263 e. The van der Waals surface area contributed by atoms with E-state index in [4.69, 9.17) is 4.52 Å². The van der Waals surface area contributed by atoms with Gasteiger partial charge in [-0.2, -0.15) is 0 Å². The molecule has 0 aliphatic heterocycles. The summed E-state index contributed by atoms with van der Waals surface area (Å²) in [4.78, 5) is 4.19. The lowest BCUT2D eigenvalue weighted by atomic mass is 10.1. The standard InChI is InChI=1S/C15H13N3O3S/c1-11-9-15(17-21-11)18-22(19,20)14-6-4-12(5-7-14)13-3-2-8-16-10-13/h2-10H,1H3,(H,17,18). The van der Waals surface area contributed by atoms with Gasteiger partial charge in [-0.05, 0) is 36.2 Å². The monoisotopic (exact) mass is 315 g/mol. The molecule has 0 saturated carbocycles. The Morgan fingerprint density at radius 2 is 1.86 bits per heavy atom. The van der Waals surface area contributed by atoms with Crippen molar-refractivity contribution in [2.75, 3.05) is 4.72 Å². The maximum atomic E-state index is 12.3. The Morgan fingerprint density at radius 1 is 1.09 bits per heavy atom. The summed E-state index contributed by atoms with van der Waals surface area (Å²) in [6, 6.07) is 11.8. The molecule has 3 aromatic rings. The van der Waals surface area contributed by atoms with Gasteiger partial charge in [0.1, 0.15) is 5.76 Å². The average molecular weight is 315 g/mol. The predicted molar refractivity (Wildman–Crippen MR) is 81.7 cm³/mol. The predicted octanol–water partition coefficient (Wildman–Crippen LogP) is 2.85. The summed E-state index contributed by atoms with van der Waals surface area (Å²) in [7, 11) is -3.69. The molecule has 3 rings (SSSR count). The summed E-state index contributed by atoms with van der Waals surface area (Å²) >= 11 is 0. The molecule has 0 unspecified atom stereocenters. The summed E-state index contributed by atoms with van der Waals surface area (Å²) in [5.41, 5.74) is 1.82. The second-order valence-corrected chi connectivity index (χ2v) is 6.38. The van der Waals surface area contributed by atoms with E-state index in [1.54, 1.807) is 31.5 Å². The van der Waals surface area contributed by atoms with Crippen molar-refractivity contribution in [3.63, 3.8) is 0 Å². The van der Waals surface area contributed by atoms with E-state index in [0.717, 1.165) is 11.1 Å². The van der Waals surface area contributed by atoms with Gasteiger partial charge < -0.3 is 4.52 Å². The number of anilines is 1. The highest BCUT2D eigenvalue weighted by Gasteiger charge is 2.16. The molecule has 0 bridgehead atoms. The first kappa shape index (κ1) is 14.3. The summed E-state index contributed by atoms with van der Waals surface area (Å²) in [6.07, 6.45) is 3.41. The van der Waals surface area contributed by atoms with Gasteiger partial charge in [-0.1, -0.05) is 23.4 Å². The quantitative estimate of drug-likeness (QED) is 0.800. The fourth-order valence-electron chi connectivity index (χ4n) is 1.97. The summed E-state index contributed by atoms with van der Waals surface area (Å²) in [5.74, 6) is 0.693. The number of sulfonamides is 1. The van der Waals surface area contributed by atoms with Crippen molar-refractivity contribution in [2.45, 2.75) is 11.8 Å². The molecule has 0 amide bonds. The van der Waals surface area contributed by atoms with E-state index >= 15 is 0 Å². The molecular formula is C15H13N3O3S. The van der Waals surface area contributed by atoms with Crippen LogP contribution in [0, 0.1) is 6.92 Å². The minimum atomic E-state index is -3.69. The Bertz CT molecular complexity index is 872. The molecule has 0 saturated heterocycles. The highest BCUT2D eigenvalue weighted by Crippen LogP contribution is 2.21. The topological polar surface area (TPSA) is 85.1 Å². The molecule has 2 heterocycles. The van der Waals surface area contributed by atoms with E-state index in [-0.39, 0.29) is 10.7 Å². The van der Waals surface area contributed by atoms with Crippen molar-refractivity contribution < 1.29 is 12.9 Å². The van der Waals surface area contributed by atoms with Gasteiger partial charge >= 0.3 is 0 Å². The van der Waals surface area contributed by atoms with E-state index < -0.39 is 10.0 Å². The van der Waals surface area contributed by atoms with E-state index in [1.807, 2.05) is 12.1 Å². The zero-order valence-electron chi connectivity index (χ0n) is 11.7. The molecule has 112 valence electrons. The lowest BCUT2D eigenvalue weighted by Crippen LogP contribution is -2.13. The van der Waals surface area contributed by atoms with Crippen LogP contribution < -0.4 is 4.72 Å². The molecule has 22 heavy (non-hydrogen) atoms. The van der Waals surface area contributed by atoms with Crippen molar-refractivity contribution in [2.24, 2.45) is 0 Å². The molecule has 1 aromatic carbocycles. The molecule has 0 aliphatic carbocycles. The number of hydrogen-bond acceptors (Lipinski definition) is 5. The fourth-order valence-corrected chi connectivity index (χ4v) is 2.95. The zero-order valence-corrected chi connectivity index (χ0v) is 12.5. The van der Waals surface area contributed by atoms with Crippen LogP contribution in [0.4, 0.5) is 5.82 Å². The Hall–Kier alpha value is -2.67. The normalized spacial score (nSPS) is 11.3. The van der Waals surface area contributed by atoms with Gasteiger partial charge in [-0.25, -0.2) is 8.42 Å². The van der Waals surface area contributed by atoms with Crippen LogP contribution >= 0.6 is 0 Å². The van der Waals surface area contributed by atoms with Gasteiger partial charge in [0.05, 0.1) is 4.90 Å². The maximum absolute atomic E-state index is 12.3. The van der Waals surface area contributed by atoms with Gasteiger partial charge in [0.15, 0.2) is 5.82 Å². The number of aromatic nitrogens is 2. The number of nitrogens with one attached hydrogen (secondary N) is 1. The second kappa shape index (κ2) is 5.61. The molecule has 7 heteroatoms. The first-order valence-electron chi connectivity index (χ1n) is 6.51.